The third-order valence-electron chi connectivity index (χ3n) is 2.33. The molecule has 9 heteroatoms. The Morgan fingerprint density at radius 2 is 2.15 bits per heavy atom. The first kappa shape index (κ1) is 14.3. The number of halogens is 4. The van der Waals surface area contributed by atoms with E-state index in [1.165, 1.54) is 18.3 Å². The third kappa shape index (κ3) is 2.60. The summed E-state index contributed by atoms with van der Waals surface area (Å²) in [5.41, 5.74) is -1.65. The normalized spacial score (nSPS) is 11.4. The van der Waals surface area contributed by atoms with Gasteiger partial charge in [0.2, 0.25) is 0 Å². The van der Waals surface area contributed by atoms with Gasteiger partial charge in [0, 0.05) is 12.3 Å². The van der Waals surface area contributed by atoms with Gasteiger partial charge in [-0.1, -0.05) is 11.6 Å². The number of methoxy groups -OCH3 is 1. The molecule has 0 atom stereocenters. The Morgan fingerprint density at radius 3 is 2.70 bits per heavy atom. The average Bonchev–Trinajstić information content (AvgIpc) is 2.83. The number of nitrogens with zero attached hydrogens (tertiary/aromatic N) is 3. The SMILES string of the molecule is COC(=O)c1cc(C(F)(F)F)nn1-c1ncccc1Cl. The maximum Gasteiger partial charge on any atom is 0.435 e. The molecule has 0 aliphatic carbocycles. The smallest absolute Gasteiger partial charge is 0.435 e. The van der Waals surface area contributed by atoms with Gasteiger partial charge >= 0.3 is 12.1 Å². The van der Waals surface area contributed by atoms with Gasteiger partial charge in [-0.15, -0.1) is 0 Å². The monoisotopic (exact) mass is 305 g/mol. The van der Waals surface area contributed by atoms with Crippen molar-refractivity contribution >= 4 is 17.6 Å². The molecule has 0 aliphatic rings. The van der Waals surface area contributed by atoms with Crippen molar-refractivity contribution in [2.75, 3.05) is 7.11 Å². The molecule has 2 aromatic heterocycles. The van der Waals surface area contributed by atoms with Crippen LogP contribution in [0.4, 0.5) is 13.2 Å². The van der Waals surface area contributed by atoms with Crippen LogP contribution in [0.25, 0.3) is 5.82 Å². The molecule has 0 amide bonds. The van der Waals surface area contributed by atoms with Crippen molar-refractivity contribution in [2.24, 2.45) is 0 Å². The summed E-state index contributed by atoms with van der Waals surface area (Å²) in [4.78, 5) is 15.4. The molecule has 2 aromatic rings. The van der Waals surface area contributed by atoms with E-state index in [4.69, 9.17) is 11.6 Å². The van der Waals surface area contributed by atoms with Gasteiger partial charge in [0.05, 0.1) is 12.1 Å². The van der Waals surface area contributed by atoms with Crippen LogP contribution in [0.1, 0.15) is 16.2 Å². The Bertz CT molecular complexity index is 655. The average molecular weight is 306 g/mol. The molecule has 106 valence electrons. The number of carbonyl (C=O) groups is 1. The van der Waals surface area contributed by atoms with E-state index in [0.717, 1.165) is 7.11 Å². The molecule has 0 N–H and O–H groups in total. The van der Waals surface area contributed by atoms with Crippen LogP contribution < -0.4 is 0 Å². The highest BCUT2D eigenvalue weighted by Crippen LogP contribution is 2.30. The van der Waals surface area contributed by atoms with Gasteiger partial charge < -0.3 is 4.74 Å². The van der Waals surface area contributed by atoms with Crippen LogP contribution in [0.3, 0.4) is 0 Å². The lowest BCUT2D eigenvalue weighted by Gasteiger charge is -2.06. The molecule has 0 radical (unpaired) electrons. The van der Waals surface area contributed by atoms with Crippen molar-refractivity contribution in [1.82, 2.24) is 14.8 Å². The summed E-state index contributed by atoms with van der Waals surface area (Å²) in [6.07, 6.45) is -3.38. The molecule has 0 aliphatic heterocycles. The minimum atomic E-state index is -4.70. The minimum absolute atomic E-state index is 0.0504. The molecule has 0 saturated heterocycles. The molecular weight excluding hydrogens is 299 g/mol. The zero-order chi connectivity index (χ0) is 14.9. The fourth-order valence-corrected chi connectivity index (χ4v) is 1.67. The molecule has 2 rings (SSSR count). The van der Waals surface area contributed by atoms with Crippen LogP contribution in [-0.2, 0) is 10.9 Å². The van der Waals surface area contributed by atoms with Crippen molar-refractivity contribution in [2.45, 2.75) is 6.18 Å². The van der Waals surface area contributed by atoms with Gasteiger partial charge in [-0.2, -0.15) is 18.3 Å². The number of hydrogen-bond donors (Lipinski definition) is 0. The summed E-state index contributed by atoms with van der Waals surface area (Å²) in [6.45, 7) is 0. The van der Waals surface area contributed by atoms with Gasteiger partial charge in [0.1, 0.15) is 0 Å². The number of rotatable bonds is 2. The molecular formula is C11H7ClF3N3O2. The zero-order valence-electron chi connectivity index (χ0n) is 9.98. The van der Waals surface area contributed by atoms with E-state index < -0.39 is 23.5 Å². The van der Waals surface area contributed by atoms with Gasteiger partial charge in [0.25, 0.3) is 0 Å². The number of ether oxygens (including phenoxy) is 1. The van der Waals surface area contributed by atoms with E-state index in [1.54, 1.807) is 0 Å². The van der Waals surface area contributed by atoms with E-state index in [2.05, 4.69) is 14.8 Å². The fraction of sp³-hybridized carbons (Fsp3) is 0.182. The molecule has 0 bridgehead atoms. The number of hydrogen-bond acceptors (Lipinski definition) is 4. The van der Waals surface area contributed by atoms with Crippen LogP contribution in [0.5, 0.6) is 0 Å². The first-order chi connectivity index (χ1) is 9.34. The summed E-state index contributed by atoms with van der Waals surface area (Å²) in [6, 6.07) is 3.49. The quantitative estimate of drug-likeness (QED) is 0.801. The summed E-state index contributed by atoms with van der Waals surface area (Å²) in [5, 5.41) is 3.38. The Balaban J connectivity index is 2.65. The van der Waals surface area contributed by atoms with Crippen LogP contribution in [-0.4, -0.2) is 27.8 Å². The molecule has 0 saturated carbocycles. The number of pyridine rings is 1. The Morgan fingerprint density at radius 1 is 1.45 bits per heavy atom. The number of alkyl halides is 3. The van der Waals surface area contributed by atoms with Crippen LogP contribution in [0.15, 0.2) is 24.4 Å². The van der Waals surface area contributed by atoms with E-state index >= 15 is 0 Å². The van der Waals surface area contributed by atoms with Crippen molar-refractivity contribution in [3.8, 4) is 5.82 Å². The summed E-state index contributed by atoms with van der Waals surface area (Å²) < 4.78 is 43.2. The maximum absolute atomic E-state index is 12.7. The van der Waals surface area contributed by atoms with Crippen LogP contribution in [0, 0.1) is 0 Å². The highest BCUT2D eigenvalue weighted by molar-refractivity contribution is 6.32. The van der Waals surface area contributed by atoms with E-state index in [0.29, 0.717) is 10.7 Å². The number of esters is 1. The molecule has 5 nitrogen and oxygen atoms in total. The molecule has 0 aromatic carbocycles. The summed E-state index contributed by atoms with van der Waals surface area (Å²) >= 11 is 5.85. The standard InChI is InChI=1S/C11H7ClF3N3O2/c1-20-10(19)7-5-8(11(13,14)15)17-18(7)9-6(12)3-2-4-16-9/h2-5H,1H3. The van der Waals surface area contributed by atoms with Gasteiger partial charge in [-0.3, -0.25) is 0 Å². The van der Waals surface area contributed by atoms with Crippen LogP contribution >= 0.6 is 11.6 Å². The highest BCUT2D eigenvalue weighted by atomic mass is 35.5. The van der Waals surface area contributed by atoms with Crippen molar-refractivity contribution in [1.29, 1.82) is 0 Å². The predicted octanol–water partition coefficient (Wildman–Crippen LogP) is 2.73. The first-order valence-electron chi connectivity index (χ1n) is 5.21. The van der Waals surface area contributed by atoms with Gasteiger partial charge in [-0.05, 0) is 12.1 Å². The topological polar surface area (TPSA) is 57.0 Å². The molecule has 20 heavy (non-hydrogen) atoms. The van der Waals surface area contributed by atoms with E-state index in [9.17, 15) is 18.0 Å². The molecule has 0 unspecified atom stereocenters. The lowest BCUT2D eigenvalue weighted by Crippen LogP contribution is -2.12. The van der Waals surface area contributed by atoms with Crippen molar-refractivity contribution in [3.63, 3.8) is 0 Å². The Kier molecular flexibility index (Phi) is 3.67. The van der Waals surface area contributed by atoms with Crippen molar-refractivity contribution < 1.29 is 22.7 Å². The number of carbonyl (C=O) groups excluding carboxylic acids is 1. The predicted molar refractivity (Wildman–Crippen MR) is 62.7 cm³/mol. The van der Waals surface area contributed by atoms with Crippen LogP contribution in [0.2, 0.25) is 5.02 Å². The van der Waals surface area contributed by atoms with E-state index in [1.807, 2.05) is 0 Å². The second-order valence-corrected chi connectivity index (χ2v) is 4.03. The largest absolute Gasteiger partial charge is 0.464 e. The molecule has 0 fully saturated rings. The van der Waals surface area contributed by atoms with Gasteiger partial charge in [-0.25, -0.2) is 14.5 Å². The fourth-order valence-electron chi connectivity index (χ4n) is 1.46. The minimum Gasteiger partial charge on any atom is -0.464 e. The first-order valence-corrected chi connectivity index (χ1v) is 5.59. The van der Waals surface area contributed by atoms with Gasteiger partial charge in [0.15, 0.2) is 17.2 Å². The summed E-state index contributed by atoms with van der Waals surface area (Å²) in [7, 11) is 1.05. The highest BCUT2D eigenvalue weighted by Gasteiger charge is 2.36. The lowest BCUT2D eigenvalue weighted by molar-refractivity contribution is -0.141. The Hall–Kier alpha value is -2.09. The lowest BCUT2D eigenvalue weighted by atomic mass is 10.3. The second-order valence-electron chi connectivity index (χ2n) is 3.62. The third-order valence-corrected chi connectivity index (χ3v) is 2.63. The summed E-state index contributed by atoms with van der Waals surface area (Å²) in [5.74, 6) is -1.07. The maximum atomic E-state index is 12.7. The zero-order valence-corrected chi connectivity index (χ0v) is 10.7. The Labute approximate surface area is 115 Å². The number of aromatic nitrogens is 3. The molecule has 2 heterocycles. The van der Waals surface area contributed by atoms with Crippen molar-refractivity contribution in [3.05, 3.63) is 40.8 Å². The van der Waals surface area contributed by atoms with E-state index in [-0.39, 0.29) is 10.8 Å². The second kappa shape index (κ2) is 5.12. The molecule has 0 spiro atoms.